The summed E-state index contributed by atoms with van der Waals surface area (Å²) in [5.41, 5.74) is -0.893. The number of aliphatic hydroxyl groups excluding tert-OH is 1. The first kappa shape index (κ1) is 13.3. The molecule has 2 fully saturated rings. The van der Waals surface area contributed by atoms with Gasteiger partial charge in [0.25, 0.3) is 0 Å². The van der Waals surface area contributed by atoms with Gasteiger partial charge in [-0.2, -0.15) is 5.26 Å². The number of nitrogens with zero attached hydrogens (tertiary/aromatic N) is 2. The SMILES string of the molecule is CN(CC1CC(O)C1)C(=O)C1(C#N)CCOCC1. The van der Waals surface area contributed by atoms with Crippen molar-refractivity contribution in [3.8, 4) is 6.07 Å². The zero-order valence-electron chi connectivity index (χ0n) is 10.8. The Morgan fingerprint density at radius 3 is 2.61 bits per heavy atom. The van der Waals surface area contributed by atoms with Crippen LogP contribution in [0.1, 0.15) is 25.7 Å². The molecule has 1 heterocycles. The molecular weight excluding hydrogens is 232 g/mol. The van der Waals surface area contributed by atoms with Gasteiger partial charge in [-0.25, -0.2) is 0 Å². The van der Waals surface area contributed by atoms with Gasteiger partial charge in [0.15, 0.2) is 0 Å². The highest BCUT2D eigenvalue weighted by Gasteiger charge is 2.43. The summed E-state index contributed by atoms with van der Waals surface area (Å²) in [4.78, 5) is 14.1. The van der Waals surface area contributed by atoms with E-state index >= 15 is 0 Å². The molecule has 0 atom stereocenters. The van der Waals surface area contributed by atoms with E-state index in [0.717, 1.165) is 12.8 Å². The third-order valence-electron chi connectivity index (χ3n) is 4.06. The maximum atomic E-state index is 12.4. The maximum absolute atomic E-state index is 12.4. The second-order valence-corrected chi connectivity index (χ2v) is 5.48. The molecule has 1 saturated heterocycles. The molecule has 0 aromatic carbocycles. The number of carbonyl (C=O) groups excluding carboxylic acids is 1. The molecule has 0 unspecified atom stereocenters. The van der Waals surface area contributed by atoms with Crippen molar-refractivity contribution in [2.75, 3.05) is 26.8 Å². The lowest BCUT2D eigenvalue weighted by molar-refractivity contribution is -0.143. The molecule has 0 spiro atoms. The summed E-state index contributed by atoms with van der Waals surface area (Å²) in [5.74, 6) is 0.291. The number of nitriles is 1. The molecule has 1 aliphatic heterocycles. The summed E-state index contributed by atoms with van der Waals surface area (Å²) < 4.78 is 5.23. The van der Waals surface area contributed by atoms with Gasteiger partial charge >= 0.3 is 0 Å². The predicted octanol–water partition coefficient (Wildman–Crippen LogP) is 0.536. The van der Waals surface area contributed by atoms with Crippen molar-refractivity contribution in [3.05, 3.63) is 0 Å². The van der Waals surface area contributed by atoms with Crippen molar-refractivity contribution >= 4 is 5.91 Å². The minimum atomic E-state index is -0.893. The van der Waals surface area contributed by atoms with E-state index in [0.29, 0.717) is 38.5 Å². The topological polar surface area (TPSA) is 73.6 Å². The first-order valence-electron chi connectivity index (χ1n) is 6.50. The fourth-order valence-corrected chi connectivity index (χ4v) is 2.78. The number of rotatable bonds is 3. The number of hydrogen-bond acceptors (Lipinski definition) is 4. The molecule has 0 aromatic heterocycles. The molecular formula is C13H20N2O3. The van der Waals surface area contributed by atoms with E-state index in [1.807, 2.05) is 0 Å². The van der Waals surface area contributed by atoms with Crippen LogP contribution in [-0.4, -0.2) is 48.8 Å². The van der Waals surface area contributed by atoms with E-state index in [-0.39, 0.29) is 12.0 Å². The summed E-state index contributed by atoms with van der Waals surface area (Å²) >= 11 is 0. The predicted molar refractivity (Wildman–Crippen MR) is 64.5 cm³/mol. The highest BCUT2D eigenvalue weighted by atomic mass is 16.5. The fraction of sp³-hybridized carbons (Fsp3) is 0.846. The fourth-order valence-electron chi connectivity index (χ4n) is 2.78. The van der Waals surface area contributed by atoms with E-state index in [2.05, 4.69) is 6.07 Å². The number of ether oxygens (including phenoxy) is 1. The van der Waals surface area contributed by atoms with Gasteiger partial charge in [0.05, 0.1) is 12.2 Å². The minimum absolute atomic E-state index is 0.0883. The molecule has 1 saturated carbocycles. The zero-order chi connectivity index (χ0) is 13.2. The molecule has 1 N–H and O–H groups in total. The molecule has 1 aliphatic carbocycles. The second-order valence-electron chi connectivity index (χ2n) is 5.48. The van der Waals surface area contributed by atoms with Gasteiger partial charge in [-0.1, -0.05) is 0 Å². The average Bonchev–Trinajstić information content (AvgIpc) is 2.36. The minimum Gasteiger partial charge on any atom is -0.393 e. The lowest BCUT2D eigenvalue weighted by Crippen LogP contribution is -2.47. The van der Waals surface area contributed by atoms with E-state index in [9.17, 15) is 15.2 Å². The third-order valence-corrected chi connectivity index (χ3v) is 4.06. The second kappa shape index (κ2) is 5.25. The lowest BCUT2D eigenvalue weighted by Gasteiger charge is -2.38. The van der Waals surface area contributed by atoms with Crippen LogP contribution in [0.2, 0.25) is 0 Å². The Hall–Kier alpha value is -1.12. The molecule has 5 heteroatoms. The first-order chi connectivity index (χ1) is 8.57. The van der Waals surface area contributed by atoms with Gasteiger partial charge in [-0.05, 0) is 31.6 Å². The van der Waals surface area contributed by atoms with Crippen molar-refractivity contribution < 1.29 is 14.6 Å². The summed E-state index contributed by atoms with van der Waals surface area (Å²) in [6.45, 7) is 1.60. The molecule has 0 radical (unpaired) electrons. The van der Waals surface area contributed by atoms with Gasteiger partial charge in [0, 0.05) is 26.8 Å². The Morgan fingerprint density at radius 1 is 1.50 bits per heavy atom. The Bertz CT molecular complexity index is 352. The lowest BCUT2D eigenvalue weighted by atomic mass is 9.79. The third kappa shape index (κ3) is 2.50. The monoisotopic (exact) mass is 252 g/mol. The van der Waals surface area contributed by atoms with Crippen LogP contribution in [-0.2, 0) is 9.53 Å². The molecule has 18 heavy (non-hydrogen) atoms. The Kier molecular flexibility index (Phi) is 3.88. The van der Waals surface area contributed by atoms with Gasteiger partial charge in [0.1, 0.15) is 5.41 Å². The van der Waals surface area contributed by atoms with E-state index in [4.69, 9.17) is 4.74 Å². The number of hydrogen-bond donors (Lipinski definition) is 1. The van der Waals surface area contributed by atoms with Crippen LogP contribution >= 0.6 is 0 Å². The molecule has 1 amide bonds. The van der Waals surface area contributed by atoms with Crippen molar-refractivity contribution in [3.63, 3.8) is 0 Å². The molecule has 2 aliphatic rings. The van der Waals surface area contributed by atoms with E-state index < -0.39 is 5.41 Å². The van der Waals surface area contributed by atoms with E-state index in [1.165, 1.54) is 0 Å². The average molecular weight is 252 g/mol. The highest BCUT2D eigenvalue weighted by molar-refractivity contribution is 5.85. The normalized spacial score (nSPS) is 30.1. The quantitative estimate of drug-likeness (QED) is 0.795. The Morgan fingerprint density at radius 2 is 2.11 bits per heavy atom. The summed E-state index contributed by atoms with van der Waals surface area (Å²) in [7, 11) is 1.75. The van der Waals surface area contributed by atoms with Crippen LogP contribution < -0.4 is 0 Å². The van der Waals surface area contributed by atoms with Crippen LogP contribution in [0.15, 0.2) is 0 Å². The Balaban J connectivity index is 1.94. The van der Waals surface area contributed by atoms with Crippen LogP contribution in [0.4, 0.5) is 0 Å². The summed E-state index contributed by atoms with van der Waals surface area (Å²) in [6.07, 6.45) is 2.30. The van der Waals surface area contributed by atoms with Crippen LogP contribution in [0.5, 0.6) is 0 Å². The van der Waals surface area contributed by atoms with Gasteiger partial charge in [-0.3, -0.25) is 4.79 Å². The van der Waals surface area contributed by atoms with Gasteiger partial charge in [-0.15, -0.1) is 0 Å². The maximum Gasteiger partial charge on any atom is 0.242 e. The van der Waals surface area contributed by atoms with Gasteiger partial charge in [0.2, 0.25) is 5.91 Å². The van der Waals surface area contributed by atoms with Crippen LogP contribution in [0.25, 0.3) is 0 Å². The first-order valence-corrected chi connectivity index (χ1v) is 6.50. The van der Waals surface area contributed by atoms with Crippen LogP contribution in [0, 0.1) is 22.7 Å². The van der Waals surface area contributed by atoms with E-state index in [1.54, 1.807) is 11.9 Å². The molecule has 100 valence electrons. The molecule has 0 bridgehead atoms. The van der Waals surface area contributed by atoms with Crippen LogP contribution in [0.3, 0.4) is 0 Å². The summed E-state index contributed by atoms with van der Waals surface area (Å²) in [5, 5.41) is 18.6. The number of amides is 1. The standard InChI is InChI=1S/C13H20N2O3/c1-15(8-10-6-11(16)7-10)12(17)13(9-14)2-4-18-5-3-13/h10-11,16H,2-8H2,1H3. The number of aliphatic hydroxyl groups is 1. The Labute approximate surface area is 107 Å². The molecule has 2 rings (SSSR count). The highest BCUT2D eigenvalue weighted by Crippen LogP contribution is 2.33. The van der Waals surface area contributed by atoms with Gasteiger partial charge < -0.3 is 14.7 Å². The summed E-state index contributed by atoms with van der Waals surface area (Å²) in [6, 6.07) is 2.20. The van der Waals surface area contributed by atoms with Crippen molar-refractivity contribution in [2.45, 2.75) is 31.8 Å². The van der Waals surface area contributed by atoms with Crippen molar-refractivity contribution in [1.82, 2.24) is 4.90 Å². The zero-order valence-corrected chi connectivity index (χ0v) is 10.8. The molecule has 5 nitrogen and oxygen atoms in total. The largest absolute Gasteiger partial charge is 0.393 e. The number of carbonyl (C=O) groups is 1. The van der Waals surface area contributed by atoms with Crippen molar-refractivity contribution in [2.24, 2.45) is 11.3 Å². The smallest absolute Gasteiger partial charge is 0.242 e. The van der Waals surface area contributed by atoms with Crippen molar-refractivity contribution in [1.29, 1.82) is 5.26 Å². The molecule has 0 aromatic rings.